The molecule has 0 aliphatic carbocycles. The van der Waals surface area contributed by atoms with E-state index in [9.17, 15) is 0 Å². The van der Waals surface area contributed by atoms with Crippen molar-refractivity contribution in [1.29, 1.82) is 0 Å². The van der Waals surface area contributed by atoms with Crippen LogP contribution in [0, 0.1) is 12.3 Å². The normalized spacial score (nSPS) is 10.3. The summed E-state index contributed by atoms with van der Waals surface area (Å²) in [5.41, 5.74) is 0. The molecular formula is C6H12Br. The van der Waals surface area contributed by atoms with Crippen LogP contribution in [0.4, 0.5) is 0 Å². The molecule has 0 saturated carbocycles. The Balaban J connectivity index is 2.68. The van der Waals surface area contributed by atoms with Crippen LogP contribution in [-0.4, -0.2) is 5.33 Å². The van der Waals surface area contributed by atoms with Gasteiger partial charge in [0.05, 0.1) is 0 Å². The summed E-state index contributed by atoms with van der Waals surface area (Å²) in [7, 11) is 0. The van der Waals surface area contributed by atoms with E-state index in [-0.39, 0.29) is 0 Å². The van der Waals surface area contributed by atoms with Gasteiger partial charge in [0.25, 0.3) is 0 Å². The Bertz CT molecular complexity index is 33.2. The van der Waals surface area contributed by atoms with Crippen molar-refractivity contribution in [2.75, 3.05) is 5.33 Å². The monoisotopic (exact) mass is 163 g/mol. The third-order valence-electron chi connectivity index (χ3n) is 0.747. The molecule has 0 bridgehead atoms. The molecule has 0 N–H and O–H groups in total. The summed E-state index contributed by atoms with van der Waals surface area (Å²) >= 11 is 3.32. The van der Waals surface area contributed by atoms with Crippen LogP contribution >= 0.6 is 15.9 Å². The Morgan fingerprint density at radius 1 is 1.57 bits per heavy atom. The lowest BCUT2D eigenvalue weighted by molar-refractivity contribution is 0.640. The van der Waals surface area contributed by atoms with Gasteiger partial charge in [-0.15, -0.1) is 0 Å². The van der Waals surface area contributed by atoms with E-state index in [0.717, 1.165) is 11.2 Å². The van der Waals surface area contributed by atoms with Crippen molar-refractivity contribution in [2.24, 2.45) is 5.92 Å². The van der Waals surface area contributed by atoms with Crippen LogP contribution in [0.1, 0.15) is 20.3 Å². The first kappa shape index (κ1) is 7.48. The zero-order chi connectivity index (χ0) is 5.70. The fourth-order valence-corrected chi connectivity index (χ4v) is 0.661. The van der Waals surface area contributed by atoms with Gasteiger partial charge in [0, 0.05) is 5.33 Å². The molecule has 0 spiro atoms. The largest absolute Gasteiger partial charge is 0.0925 e. The van der Waals surface area contributed by atoms with Crippen molar-refractivity contribution in [2.45, 2.75) is 20.3 Å². The molecule has 0 aliphatic heterocycles. The van der Waals surface area contributed by atoms with Crippen molar-refractivity contribution >= 4 is 15.9 Å². The number of hydrogen-bond donors (Lipinski definition) is 0. The Morgan fingerprint density at radius 2 is 2.14 bits per heavy atom. The summed E-state index contributed by atoms with van der Waals surface area (Å²) in [4.78, 5) is 0. The molecule has 0 aromatic heterocycles. The average Bonchev–Trinajstić information content (AvgIpc) is 1.61. The first-order valence-corrected chi connectivity index (χ1v) is 3.77. The summed E-state index contributed by atoms with van der Waals surface area (Å²) in [5, 5.41) is 1.03. The lowest BCUT2D eigenvalue weighted by atomic mass is 10.1. The van der Waals surface area contributed by atoms with Gasteiger partial charge in [0.15, 0.2) is 0 Å². The maximum atomic E-state index is 3.32. The van der Waals surface area contributed by atoms with Gasteiger partial charge in [-0.05, 0) is 18.8 Å². The third kappa shape index (κ3) is 6.48. The highest BCUT2D eigenvalue weighted by Gasteiger charge is 1.89. The second kappa shape index (κ2) is 4.63. The van der Waals surface area contributed by atoms with Crippen molar-refractivity contribution in [3.63, 3.8) is 0 Å². The Hall–Kier alpha value is 0.480. The van der Waals surface area contributed by atoms with E-state index in [2.05, 4.69) is 36.2 Å². The SMILES string of the molecule is CC(C)C[CH]CBr. The van der Waals surface area contributed by atoms with E-state index >= 15 is 0 Å². The van der Waals surface area contributed by atoms with E-state index in [1.54, 1.807) is 0 Å². The highest BCUT2D eigenvalue weighted by atomic mass is 79.9. The van der Waals surface area contributed by atoms with Gasteiger partial charge in [-0.3, -0.25) is 0 Å². The first-order chi connectivity index (χ1) is 3.27. The number of hydrogen-bond acceptors (Lipinski definition) is 0. The summed E-state index contributed by atoms with van der Waals surface area (Å²) < 4.78 is 0. The number of rotatable bonds is 3. The van der Waals surface area contributed by atoms with Crippen LogP contribution in [0.2, 0.25) is 0 Å². The van der Waals surface area contributed by atoms with Crippen molar-refractivity contribution in [3.05, 3.63) is 6.42 Å². The number of halogens is 1. The third-order valence-corrected chi connectivity index (χ3v) is 1.21. The van der Waals surface area contributed by atoms with Gasteiger partial charge < -0.3 is 0 Å². The molecular weight excluding hydrogens is 152 g/mol. The predicted molar refractivity (Wildman–Crippen MR) is 37.5 cm³/mol. The van der Waals surface area contributed by atoms with Crippen LogP contribution in [0.5, 0.6) is 0 Å². The molecule has 1 radical (unpaired) electrons. The Morgan fingerprint density at radius 3 is 2.29 bits per heavy atom. The summed E-state index contributed by atoms with van der Waals surface area (Å²) in [6, 6.07) is 0. The fourth-order valence-electron chi connectivity index (χ4n) is 0.396. The highest BCUT2D eigenvalue weighted by molar-refractivity contribution is 9.09. The van der Waals surface area contributed by atoms with Crippen LogP contribution in [-0.2, 0) is 0 Å². The molecule has 0 heterocycles. The molecule has 43 valence electrons. The second-order valence-electron chi connectivity index (χ2n) is 2.07. The second-order valence-corrected chi connectivity index (χ2v) is 2.72. The zero-order valence-electron chi connectivity index (χ0n) is 4.95. The topological polar surface area (TPSA) is 0 Å². The molecule has 1 heteroatoms. The van der Waals surface area contributed by atoms with Gasteiger partial charge in [-0.1, -0.05) is 29.8 Å². The average molecular weight is 164 g/mol. The molecule has 0 nitrogen and oxygen atoms in total. The standard InChI is InChI=1S/C6H12Br/c1-6(2)4-3-5-7/h3,6H,4-5H2,1-2H3. The van der Waals surface area contributed by atoms with Crippen molar-refractivity contribution < 1.29 is 0 Å². The molecule has 0 atom stereocenters. The maximum absolute atomic E-state index is 3.32. The summed E-state index contributed by atoms with van der Waals surface area (Å²) in [6.07, 6.45) is 3.47. The van der Waals surface area contributed by atoms with Gasteiger partial charge in [0.1, 0.15) is 0 Å². The van der Waals surface area contributed by atoms with Gasteiger partial charge >= 0.3 is 0 Å². The lowest BCUT2D eigenvalue weighted by Gasteiger charge is -1.97. The molecule has 0 aromatic carbocycles. The predicted octanol–water partition coefficient (Wildman–Crippen LogP) is 2.63. The quantitative estimate of drug-likeness (QED) is 0.562. The molecule has 0 saturated heterocycles. The fraction of sp³-hybridized carbons (Fsp3) is 0.833. The van der Waals surface area contributed by atoms with Crippen molar-refractivity contribution in [3.8, 4) is 0 Å². The molecule has 7 heavy (non-hydrogen) atoms. The molecule has 0 aromatic rings. The van der Waals surface area contributed by atoms with Crippen LogP contribution in [0.3, 0.4) is 0 Å². The molecule has 0 aliphatic rings. The van der Waals surface area contributed by atoms with E-state index < -0.39 is 0 Å². The molecule has 0 fully saturated rings. The first-order valence-electron chi connectivity index (χ1n) is 2.65. The lowest BCUT2D eigenvalue weighted by Crippen LogP contribution is -1.86. The minimum Gasteiger partial charge on any atom is -0.0925 e. The smallest absolute Gasteiger partial charge is 0.00627 e. The summed E-state index contributed by atoms with van der Waals surface area (Å²) in [5.74, 6) is 0.817. The van der Waals surface area contributed by atoms with Gasteiger partial charge in [-0.2, -0.15) is 0 Å². The minimum absolute atomic E-state index is 0.817. The highest BCUT2D eigenvalue weighted by Crippen LogP contribution is 2.02. The minimum atomic E-state index is 0.817. The van der Waals surface area contributed by atoms with Crippen LogP contribution in [0.25, 0.3) is 0 Å². The van der Waals surface area contributed by atoms with E-state index in [1.807, 2.05) is 0 Å². The zero-order valence-corrected chi connectivity index (χ0v) is 6.53. The van der Waals surface area contributed by atoms with E-state index in [4.69, 9.17) is 0 Å². The maximum Gasteiger partial charge on any atom is 0.00627 e. The van der Waals surface area contributed by atoms with E-state index in [1.165, 1.54) is 6.42 Å². The molecule has 0 amide bonds. The Kier molecular flexibility index (Phi) is 4.95. The van der Waals surface area contributed by atoms with Crippen LogP contribution in [0.15, 0.2) is 0 Å². The summed E-state index contributed by atoms with van der Waals surface area (Å²) in [6.45, 7) is 4.44. The molecule has 0 unspecified atom stereocenters. The Labute approximate surface area is 54.4 Å². The van der Waals surface area contributed by atoms with Crippen LogP contribution < -0.4 is 0 Å². The molecule has 0 rings (SSSR count). The van der Waals surface area contributed by atoms with Gasteiger partial charge in [-0.25, -0.2) is 0 Å². The van der Waals surface area contributed by atoms with Gasteiger partial charge in [0.2, 0.25) is 0 Å². The number of alkyl halides is 1. The van der Waals surface area contributed by atoms with E-state index in [0.29, 0.717) is 0 Å². The van der Waals surface area contributed by atoms with Crippen molar-refractivity contribution in [1.82, 2.24) is 0 Å².